The minimum atomic E-state index is -0.139. The Labute approximate surface area is 138 Å². The Morgan fingerprint density at radius 1 is 1.13 bits per heavy atom. The van der Waals surface area contributed by atoms with Gasteiger partial charge in [0.05, 0.1) is 6.04 Å². The monoisotopic (exact) mass is 308 g/mol. The van der Waals surface area contributed by atoms with Gasteiger partial charge in [-0.2, -0.15) is 0 Å². The summed E-state index contributed by atoms with van der Waals surface area (Å²) in [5.41, 5.74) is 5.03. The van der Waals surface area contributed by atoms with Gasteiger partial charge in [-0.05, 0) is 34.6 Å². The molecule has 1 amide bonds. The standard InChI is InChI=1S/C20H24N2O/c1-14(2)16-9-7-15(8-10-16)12-22-20(23)19-11-17-5-3-4-6-18(17)13-21-19/h3-10,14,19,21H,11-13H2,1-2H3,(H,22,23). The van der Waals surface area contributed by atoms with E-state index in [1.807, 2.05) is 12.1 Å². The molecule has 3 rings (SSSR count). The first-order valence-corrected chi connectivity index (χ1v) is 8.30. The lowest BCUT2D eigenvalue weighted by Gasteiger charge is -2.25. The summed E-state index contributed by atoms with van der Waals surface area (Å²) in [6, 6.07) is 16.6. The number of fused-ring (bicyclic) bond motifs is 1. The van der Waals surface area contributed by atoms with Crippen LogP contribution in [0.1, 0.15) is 42.0 Å². The summed E-state index contributed by atoms with van der Waals surface area (Å²) in [4.78, 5) is 12.4. The summed E-state index contributed by atoms with van der Waals surface area (Å²) < 4.78 is 0. The fourth-order valence-corrected chi connectivity index (χ4v) is 2.97. The Kier molecular flexibility index (Phi) is 4.77. The molecular formula is C20H24N2O. The number of hydrogen-bond donors (Lipinski definition) is 2. The van der Waals surface area contributed by atoms with Crippen LogP contribution in [0.3, 0.4) is 0 Å². The minimum absolute atomic E-state index is 0.0763. The summed E-state index contributed by atoms with van der Waals surface area (Å²) >= 11 is 0. The van der Waals surface area contributed by atoms with E-state index in [9.17, 15) is 4.79 Å². The molecule has 1 heterocycles. The van der Waals surface area contributed by atoms with Crippen molar-refractivity contribution in [3.63, 3.8) is 0 Å². The molecule has 0 radical (unpaired) electrons. The molecule has 0 saturated heterocycles. The van der Waals surface area contributed by atoms with Crippen LogP contribution in [0.4, 0.5) is 0 Å². The van der Waals surface area contributed by atoms with Crippen LogP contribution in [0.25, 0.3) is 0 Å². The molecule has 2 aromatic rings. The zero-order valence-electron chi connectivity index (χ0n) is 13.8. The second-order valence-electron chi connectivity index (χ2n) is 6.52. The highest BCUT2D eigenvalue weighted by molar-refractivity contribution is 5.82. The number of nitrogens with one attached hydrogen (secondary N) is 2. The SMILES string of the molecule is CC(C)c1ccc(CNC(=O)C2Cc3ccccc3CN2)cc1. The lowest BCUT2D eigenvalue weighted by molar-refractivity contribution is -0.123. The van der Waals surface area contributed by atoms with Gasteiger partial charge in [-0.25, -0.2) is 0 Å². The van der Waals surface area contributed by atoms with Gasteiger partial charge in [0, 0.05) is 13.1 Å². The van der Waals surface area contributed by atoms with E-state index in [0.717, 1.165) is 18.5 Å². The quantitative estimate of drug-likeness (QED) is 0.911. The molecule has 120 valence electrons. The van der Waals surface area contributed by atoms with Gasteiger partial charge < -0.3 is 10.6 Å². The van der Waals surface area contributed by atoms with Gasteiger partial charge >= 0.3 is 0 Å². The van der Waals surface area contributed by atoms with Crippen molar-refractivity contribution >= 4 is 5.91 Å². The van der Waals surface area contributed by atoms with E-state index in [2.05, 4.69) is 60.9 Å². The smallest absolute Gasteiger partial charge is 0.237 e. The maximum absolute atomic E-state index is 12.4. The maximum Gasteiger partial charge on any atom is 0.237 e. The summed E-state index contributed by atoms with van der Waals surface area (Å²) in [6.45, 7) is 5.71. The highest BCUT2D eigenvalue weighted by atomic mass is 16.2. The molecule has 1 aliphatic heterocycles. The van der Waals surface area contributed by atoms with Crippen molar-refractivity contribution in [3.05, 3.63) is 70.8 Å². The largest absolute Gasteiger partial charge is 0.351 e. The lowest BCUT2D eigenvalue weighted by Crippen LogP contribution is -2.47. The minimum Gasteiger partial charge on any atom is -0.351 e. The van der Waals surface area contributed by atoms with Gasteiger partial charge in [0.15, 0.2) is 0 Å². The summed E-state index contributed by atoms with van der Waals surface area (Å²) in [5, 5.41) is 6.37. The fraction of sp³-hybridized carbons (Fsp3) is 0.350. The van der Waals surface area contributed by atoms with Crippen molar-refractivity contribution in [1.82, 2.24) is 10.6 Å². The second-order valence-corrected chi connectivity index (χ2v) is 6.52. The number of rotatable bonds is 4. The van der Waals surface area contributed by atoms with Crippen LogP contribution < -0.4 is 10.6 Å². The summed E-state index contributed by atoms with van der Waals surface area (Å²) in [5.74, 6) is 0.609. The molecule has 0 fully saturated rings. The maximum atomic E-state index is 12.4. The van der Waals surface area contributed by atoms with Crippen molar-refractivity contribution in [2.75, 3.05) is 0 Å². The molecule has 2 N–H and O–H groups in total. The zero-order valence-corrected chi connectivity index (χ0v) is 13.8. The normalized spacial score (nSPS) is 16.9. The topological polar surface area (TPSA) is 41.1 Å². The Morgan fingerprint density at radius 3 is 2.52 bits per heavy atom. The van der Waals surface area contributed by atoms with Crippen LogP contribution in [-0.2, 0) is 24.3 Å². The molecule has 3 heteroatoms. The molecular weight excluding hydrogens is 284 g/mol. The highest BCUT2D eigenvalue weighted by Crippen LogP contribution is 2.17. The Bertz CT molecular complexity index is 676. The van der Waals surface area contributed by atoms with Crippen molar-refractivity contribution < 1.29 is 4.79 Å². The molecule has 0 aliphatic carbocycles. The van der Waals surface area contributed by atoms with E-state index in [4.69, 9.17) is 0 Å². The first-order valence-electron chi connectivity index (χ1n) is 8.30. The van der Waals surface area contributed by atoms with Gasteiger partial charge in [-0.1, -0.05) is 62.4 Å². The molecule has 0 aromatic heterocycles. The Morgan fingerprint density at radius 2 is 1.83 bits per heavy atom. The van der Waals surface area contributed by atoms with Crippen molar-refractivity contribution in [2.24, 2.45) is 0 Å². The lowest BCUT2D eigenvalue weighted by atomic mass is 9.95. The third-order valence-corrected chi connectivity index (χ3v) is 4.51. The van der Waals surface area contributed by atoms with Crippen molar-refractivity contribution in [2.45, 2.75) is 45.3 Å². The molecule has 0 bridgehead atoms. The van der Waals surface area contributed by atoms with Crippen molar-refractivity contribution in [1.29, 1.82) is 0 Å². The van der Waals surface area contributed by atoms with E-state index in [1.165, 1.54) is 16.7 Å². The predicted octanol–water partition coefficient (Wildman–Crippen LogP) is 3.14. The fourth-order valence-electron chi connectivity index (χ4n) is 2.97. The second kappa shape index (κ2) is 6.97. The van der Waals surface area contributed by atoms with Gasteiger partial charge in [0.25, 0.3) is 0 Å². The van der Waals surface area contributed by atoms with E-state index < -0.39 is 0 Å². The van der Waals surface area contributed by atoms with Gasteiger partial charge in [0.2, 0.25) is 5.91 Å². The molecule has 1 aliphatic rings. The first-order chi connectivity index (χ1) is 11.1. The number of carbonyl (C=O) groups excluding carboxylic acids is 1. The number of benzene rings is 2. The molecule has 3 nitrogen and oxygen atoms in total. The molecule has 23 heavy (non-hydrogen) atoms. The molecule has 2 aromatic carbocycles. The van der Waals surface area contributed by atoms with E-state index >= 15 is 0 Å². The zero-order chi connectivity index (χ0) is 16.2. The average molecular weight is 308 g/mol. The molecule has 0 saturated carbocycles. The summed E-state index contributed by atoms with van der Waals surface area (Å²) in [7, 11) is 0. The van der Waals surface area contributed by atoms with E-state index in [-0.39, 0.29) is 11.9 Å². The van der Waals surface area contributed by atoms with Crippen LogP contribution in [0.15, 0.2) is 48.5 Å². The highest BCUT2D eigenvalue weighted by Gasteiger charge is 2.23. The predicted molar refractivity (Wildman–Crippen MR) is 93.2 cm³/mol. The third kappa shape index (κ3) is 3.80. The Balaban J connectivity index is 1.56. The van der Waals surface area contributed by atoms with Gasteiger partial charge in [-0.3, -0.25) is 4.79 Å². The molecule has 0 spiro atoms. The van der Waals surface area contributed by atoms with Gasteiger partial charge in [0.1, 0.15) is 0 Å². The summed E-state index contributed by atoms with van der Waals surface area (Å²) in [6.07, 6.45) is 0.758. The Hall–Kier alpha value is -2.13. The average Bonchev–Trinajstić information content (AvgIpc) is 2.59. The van der Waals surface area contributed by atoms with Gasteiger partial charge in [-0.15, -0.1) is 0 Å². The number of amides is 1. The van der Waals surface area contributed by atoms with E-state index in [1.54, 1.807) is 0 Å². The number of carbonyl (C=O) groups is 1. The van der Waals surface area contributed by atoms with Crippen LogP contribution in [-0.4, -0.2) is 11.9 Å². The van der Waals surface area contributed by atoms with Crippen LogP contribution in [0.2, 0.25) is 0 Å². The third-order valence-electron chi connectivity index (χ3n) is 4.51. The van der Waals surface area contributed by atoms with Crippen molar-refractivity contribution in [3.8, 4) is 0 Å². The van der Waals surface area contributed by atoms with Crippen LogP contribution in [0, 0.1) is 0 Å². The molecule has 1 unspecified atom stereocenters. The van der Waals surface area contributed by atoms with Crippen LogP contribution >= 0.6 is 0 Å². The van der Waals surface area contributed by atoms with Crippen LogP contribution in [0.5, 0.6) is 0 Å². The van der Waals surface area contributed by atoms with E-state index in [0.29, 0.717) is 12.5 Å². The molecule has 1 atom stereocenters. The first kappa shape index (κ1) is 15.8. The number of hydrogen-bond acceptors (Lipinski definition) is 2.